The summed E-state index contributed by atoms with van der Waals surface area (Å²) in [5, 5.41) is 12.4. The molecule has 29 heavy (non-hydrogen) atoms. The topological polar surface area (TPSA) is 90.3 Å². The molecule has 158 valence electrons. The fourth-order valence-corrected chi connectivity index (χ4v) is 3.91. The number of aromatic nitrogens is 4. The minimum absolute atomic E-state index is 0.104. The maximum absolute atomic E-state index is 9.08. The van der Waals surface area contributed by atoms with E-state index in [1.54, 1.807) is 6.20 Å². The highest BCUT2D eigenvalue weighted by Crippen LogP contribution is 2.20. The van der Waals surface area contributed by atoms with E-state index in [2.05, 4.69) is 30.2 Å². The van der Waals surface area contributed by atoms with E-state index in [-0.39, 0.29) is 6.61 Å². The molecular formula is C21H33N7O. The van der Waals surface area contributed by atoms with Crippen LogP contribution < -0.4 is 10.2 Å². The fraction of sp³-hybridized carbons (Fsp3) is 0.619. The van der Waals surface area contributed by atoms with E-state index in [1.165, 1.54) is 12.8 Å². The smallest absolute Gasteiger partial charge is 0.224 e. The lowest BCUT2D eigenvalue weighted by Crippen LogP contribution is -2.39. The first-order valence-corrected chi connectivity index (χ1v) is 10.5. The maximum atomic E-state index is 9.08. The number of aryl methyl sites for hydroxylation is 2. The minimum atomic E-state index is 0.104. The zero-order chi connectivity index (χ0) is 20.6. The van der Waals surface area contributed by atoms with Gasteiger partial charge in [-0.15, -0.1) is 0 Å². The Morgan fingerprint density at radius 1 is 1.24 bits per heavy atom. The van der Waals surface area contributed by atoms with Gasteiger partial charge in [0.15, 0.2) is 0 Å². The van der Waals surface area contributed by atoms with E-state index < -0.39 is 0 Å². The SMILES string of the molecule is Cc1cc(C)nc(CC2CCCN(CCNc3nccc(N(C)CCO)n3)C2)n1. The minimum Gasteiger partial charge on any atom is -0.395 e. The van der Waals surface area contributed by atoms with Crippen LogP contribution in [0.3, 0.4) is 0 Å². The molecule has 0 aromatic carbocycles. The number of piperidine rings is 1. The first-order valence-electron chi connectivity index (χ1n) is 10.5. The predicted octanol–water partition coefficient (Wildman–Crippen LogP) is 1.68. The lowest BCUT2D eigenvalue weighted by atomic mass is 9.94. The number of likely N-dealkylation sites (tertiary alicyclic amines) is 1. The summed E-state index contributed by atoms with van der Waals surface area (Å²) in [7, 11) is 1.91. The normalized spacial score (nSPS) is 17.3. The van der Waals surface area contributed by atoms with Crippen molar-refractivity contribution < 1.29 is 5.11 Å². The second-order valence-corrected chi connectivity index (χ2v) is 7.89. The summed E-state index contributed by atoms with van der Waals surface area (Å²) >= 11 is 0. The van der Waals surface area contributed by atoms with Crippen LogP contribution in [0.1, 0.15) is 30.1 Å². The van der Waals surface area contributed by atoms with Gasteiger partial charge in [-0.05, 0) is 51.3 Å². The van der Waals surface area contributed by atoms with Crippen molar-refractivity contribution in [2.75, 3.05) is 56.6 Å². The molecule has 3 heterocycles. The molecule has 2 aromatic rings. The monoisotopic (exact) mass is 399 g/mol. The first-order chi connectivity index (χ1) is 14.0. The summed E-state index contributed by atoms with van der Waals surface area (Å²) in [4.78, 5) is 22.5. The van der Waals surface area contributed by atoms with Gasteiger partial charge < -0.3 is 20.2 Å². The molecule has 1 atom stereocenters. The number of hydrogen-bond donors (Lipinski definition) is 2. The predicted molar refractivity (Wildman–Crippen MR) is 115 cm³/mol. The molecule has 1 fully saturated rings. The third kappa shape index (κ3) is 6.61. The van der Waals surface area contributed by atoms with Crippen LogP contribution in [0.15, 0.2) is 18.3 Å². The Morgan fingerprint density at radius 3 is 2.79 bits per heavy atom. The number of hydrogen-bond acceptors (Lipinski definition) is 8. The van der Waals surface area contributed by atoms with Crippen molar-refractivity contribution in [3.8, 4) is 0 Å². The molecule has 1 aliphatic rings. The lowest BCUT2D eigenvalue weighted by Gasteiger charge is -2.32. The zero-order valence-corrected chi connectivity index (χ0v) is 17.8. The molecule has 0 spiro atoms. The number of nitrogens with zero attached hydrogens (tertiary/aromatic N) is 6. The van der Waals surface area contributed by atoms with Crippen molar-refractivity contribution in [3.05, 3.63) is 35.5 Å². The van der Waals surface area contributed by atoms with Gasteiger partial charge in [0.25, 0.3) is 0 Å². The van der Waals surface area contributed by atoms with Gasteiger partial charge in [-0.25, -0.2) is 15.0 Å². The third-order valence-electron chi connectivity index (χ3n) is 5.28. The number of likely N-dealkylation sites (N-methyl/N-ethyl adjacent to an activating group) is 1. The Balaban J connectivity index is 1.47. The molecule has 1 aliphatic heterocycles. The average molecular weight is 400 g/mol. The van der Waals surface area contributed by atoms with Gasteiger partial charge in [-0.3, -0.25) is 0 Å². The van der Waals surface area contributed by atoms with Crippen molar-refractivity contribution in [2.24, 2.45) is 5.92 Å². The van der Waals surface area contributed by atoms with Gasteiger partial charge in [0.05, 0.1) is 6.61 Å². The Kier molecular flexibility index (Phi) is 7.71. The van der Waals surface area contributed by atoms with Crippen LogP contribution in [0.5, 0.6) is 0 Å². The lowest BCUT2D eigenvalue weighted by molar-refractivity contribution is 0.178. The van der Waals surface area contributed by atoms with Crippen LogP contribution in [-0.4, -0.2) is 76.3 Å². The largest absolute Gasteiger partial charge is 0.395 e. The van der Waals surface area contributed by atoms with Crippen LogP contribution in [-0.2, 0) is 6.42 Å². The van der Waals surface area contributed by atoms with Crippen molar-refractivity contribution in [1.82, 2.24) is 24.8 Å². The molecule has 0 radical (unpaired) electrons. The number of nitrogens with one attached hydrogen (secondary N) is 1. The summed E-state index contributed by atoms with van der Waals surface area (Å²) in [6, 6.07) is 3.88. The Morgan fingerprint density at radius 2 is 2.03 bits per heavy atom. The molecule has 2 N–H and O–H groups in total. The maximum Gasteiger partial charge on any atom is 0.224 e. The van der Waals surface area contributed by atoms with E-state index in [0.717, 1.165) is 55.6 Å². The molecule has 1 unspecified atom stereocenters. The number of aliphatic hydroxyl groups excluding tert-OH is 1. The summed E-state index contributed by atoms with van der Waals surface area (Å²) in [6.45, 7) is 8.71. The molecule has 0 aliphatic carbocycles. The Labute approximate surface area is 173 Å². The van der Waals surface area contributed by atoms with Gasteiger partial charge in [0.1, 0.15) is 11.6 Å². The number of anilines is 2. The van der Waals surface area contributed by atoms with Crippen LogP contribution in [0.4, 0.5) is 11.8 Å². The van der Waals surface area contributed by atoms with Crippen molar-refractivity contribution in [1.29, 1.82) is 0 Å². The highest BCUT2D eigenvalue weighted by Gasteiger charge is 2.21. The molecular weight excluding hydrogens is 366 g/mol. The second-order valence-electron chi connectivity index (χ2n) is 7.89. The van der Waals surface area contributed by atoms with Crippen LogP contribution >= 0.6 is 0 Å². The van der Waals surface area contributed by atoms with Crippen LogP contribution in [0.2, 0.25) is 0 Å². The van der Waals surface area contributed by atoms with Crippen molar-refractivity contribution >= 4 is 11.8 Å². The van der Waals surface area contributed by atoms with E-state index in [9.17, 15) is 0 Å². The second kappa shape index (κ2) is 10.5. The van der Waals surface area contributed by atoms with Gasteiger partial charge in [0, 0.05) is 57.2 Å². The summed E-state index contributed by atoms with van der Waals surface area (Å²) in [5.74, 6) is 3.02. The van der Waals surface area contributed by atoms with Gasteiger partial charge in [-0.2, -0.15) is 4.98 Å². The Bertz CT molecular complexity index is 765. The van der Waals surface area contributed by atoms with E-state index in [1.807, 2.05) is 37.9 Å². The van der Waals surface area contributed by atoms with E-state index >= 15 is 0 Å². The summed E-state index contributed by atoms with van der Waals surface area (Å²) < 4.78 is 0. The van der Waals surface area contributed by atoms with Gasteiger partial charge >= 0.3 is 0 Å². The molecule has 0 saturated carbocycles. The molecule has 8 nitrogen and oxygen atoms in total. The number of aliphatic hydroxyl groups is 1. The Hall–Kier alpha value is -2.32. The van der Waals surface area contributed by atoms with Gasteiger partial charge in [-0.1, -0.05) is 0 Å². The molecule has 0 bridgehead atoms. The van der Waals surface area contributed by atoms with E-state index in [0.29, 0.717) is 18.4 Å². The quantitative estimate of drug-likeness (QED) is 0.658. The average Bonchev–Trinajstić information content (AvgIpc) is 2.68. The zero-order valence-electron chi connectivity index (χ0n) is 17.8. The molecule has 8 heteroatoms. The highest BCUT2D eigenvalue weighted by atomic mass is 16.3. The standard InChI is InChI=1S/C21H33N7O/c1-16-13-17(2)25-19(24-16)14-18-5-4-9-28(15-18)10-8-23-21-22-7-6-20(26-21)27(3)11-12-29/h6-7,13,18,29H,4-5,8-12,14-15H2,1-3H3,(H,22,23,26). The van der Waals surface area contributed by atoms with Crippen LogP contribution in [0.25, 0.3) is 0 Å². The molecule has 3 rings (SSSR count). The molecule has 1 saturated heterocycles. The van der Waals surface area contributed by atoms with Crippen molar-refractivity contribution in [3.63, 3.8) is 0 Å². The summed E-state index contributed by atoms with van der Waals surface area (Å²) in [6.07, 6.45) is 5.16. The third-order valence-corrected chi connectivity index (χ3v) is 5.28. The van der Waals surface area contributed by atoms with E-state index in [4.69, 9.17) is 5.11 Å². The van der Waals surface area contributed by atoms with Gasteiger partial charge in [0.2, 0.25) is 5.95 Å². The highest BCUT2D eigenvalue weighted by molar-refractivity contribution is 5.41. The molecule has 2 aromatic heterocycles. The molecule has 0 amide bonds. The summed E-state index contributed by atoms with van der Waals surface area (Å²) in [5.41, 5.74) is 2.10. The van der Waals surface area contributed by atoms with Crippen molar-refractivity contribution in [2.45, 2.75) is 33.1 Å². The van der Waals surface area contributed by atoms with Crippen LogP contribution in [0, 0.1) is 19.8 Å². The first kappa shape index (κ1) is 21.4. The number of rotatable bonds is 9. The fourth-order valence-electron chi connectivity index (χ4n) is 3.91.